The van der Waals surface area contributed by atoms with Crippen LogP contribution in [0.4, 0.5) is 10.5 Å². The minimum atomic E-state index is -0.137. The zero-order chi connectivity index (χ0) is 16.1. The summed E-state index contributed by atoms with van der Waals surface area (Å²) in [5.74, 6) is 0.455. The second kappa shape index (κ2) is 7.61. The van der Waals surface area contributed by atoms with Crippen molar-refractivity contribution in [2.75, 3.05) is 45.6 Å². The normalized spacial score (nSPS) is 20.1. The SMILES string of the molecule is CC(C)c1cccc(NC(=O)NCC2CN(C)CCN2C)c1. The molecule has 1 heterocycles. The van der Waals surface area contributed by atoms with Gasteiger partial charge in [0.1, 0.15) is 0 Å². The van der Waals surface area contributed by atoms with E-state index in [0.29, 0.717) is 18.5 Å². The Hall–Kier alpha value is -1.59. The van der Waals surface area contributed by atoms with E-state index >= 15 is 0 Å². The highest BCUT2D eigenvalue weighted by atomic mass is 16.2. The molecule has 1 aromatic carbocycles. The van der Waals surface area contributed by atoms with Crippen molar-refractivity contribution in [3.05, 3.63) is 29.8 Å². The molecular weight excluding hydrogens is 276 g/mol. The molecule has 0 bridgehead atoms. The predicted molar refractivity (Wildman–Crippen MR) is 91.5 cm³/mol. The van der Waals surface area contributed by atoms with Gasteiger partial charge in [0.15, 0.2) is 0 Å². The first-order chi connectivity index (χ1) is 10.5. The molecular formula is C17H28N4O. The third-order valence-corrected chi connectivity index (χ3v) is 4.29. The van der Waals surface area contributed by atoms with Crippen LogP contribution in [0.2, 0.25) is 0 Å². The topological polar surface area (TPSA) is 47.6 Å². The first-order valence-electron chi connectivity index (χ1n) is 7.99. The van der Waals surface area contributed by atoms with Crippen molar-refractivity contribution in [3.63, 3.8) is 0 Å². The second-order valence-corrected chi connectivity index (χ2v) is 6.51. The highest BCUT2D eigenvalue weighted by molar-refractivity contribution is 5.89. The molecule has 2 rings (SSSR count). The van der Waals surface area contributed by atoms with Crippen LogP contribution in [0, 0.1) is 0 Å². The number of anilines is 1. The van der Waals surface area contributed by atoms with Gasteiger partial charge in [0.25, 0.3) is 0 Å². The smallest absolute Gasteiger partial charge is 0.319 e. The quantitative estimate of drug-likeness (QED) is 0.896. The lowest BCUT2D eigenvalue weighted by Gasteiger charge is -2.37. The molecule has 1 aromatic rings. The molecule has 122 valence electrons. The summed E-state index contributed by atoms with van der Waals surface area (Å²) in [4.78, 5) is 16.7. The minimum absolute atomic E-state index is 0.137. The van der Waals surface area contributed by atoms with Crippen molar-refractivity contribution in [1.29, 1.82) is 0 Å². The molecule has 0 aliphatic carbocycles. The lowest BCUT2D eigenvalue weighted by Crippen LogP contribution is -2.54. The molecule has 0 aromatic heterocycles. The number of hydrogen-bond donors (Lipinski definition) is 2. The summed E-state index contributed by atoms with van der Waals surface area (Å²) in [7, 11) is 4.24. The fourth-order valence-electron chi connectivity index (χ4n) is 2.68. The Labute approximate surface area is 133 Å². The van der Waals surface area contributed by atoms with Crippen LogP contribution in [-0.4, -0.2) is 62.1 Å². The van der Waals surface area contributed by atoms with Gasteiger partial charge in [-0.3, -0.25) is 4.90 Å². The van der Waals surface area contributed by atoms with Crippen molar-refractivity contribution in [3.8, 4) is 0 Å². The lowest BCUT2D eigenvalue weighted by atomic mass is 10.0. The molecule has 2 N–H and O–H groups in total. The van der Waals surface area contributed by atoms with E-state index in [1.807, 2.05) is 18.2 Å². The number of urea groups is 1. The van der Waals surface area contributed by atoms with Crippen LogP contribution in [0.25, 0.3) is 0 Å². The predicted octanol–water partition coefficient (Wildman–Crippen LogP) is 2.18. The Morgan fingerprint density at radius 1 is 1.32 bits per heavy atom. The number of carbonyl (C=O) groups excluding carboxylic acids is 1. The summed E-state index contributed by atoms with van der Waals surface area (Å²) in [6, 6.07) is 8.25. The van der Waals surface area contributed by atoms with Gasteiger partial charge in [0.05, 0.1) is 0 Å². The summed E-state index contributed by atoms with van der Waals surface area (Å²) in [5.41, 5.74) is 2.07. The molecule has 5 heteroatoms. The van der Waals surface area contributed by atoms with Crippen LogP contribution >= 0.6 is 0 Å². The fourth-order valence-corrected chi connectivity index (χ4v) is 2.68. The van der Waals surface area contributed by atoms with Gasteiger partial charge in [-0.1, -0.05) is 26.0 Å². The highest BCUT2D eigenvalue weighted by Crippen LogP contribution is 2.18. The number of nitrogens with one attached hydrogen (secondary N) is 2. The number of benzene rings is 1. The van der Waals surface area contributed by atoms with Crippen molar-refractivity contribution >= 4 is 11.7 Å². The van der Waals surface area contributed by atoms with E-state index in [2.05, 4.69) is 54.4 Å². The minimum Gasteiger partial charge on any atom is -0.336 e. The third kappa shape index (κ3) is 4.71. The molecule has 5 nitrogen and oxygen atoms in total. The summed E-state index contributed by atoms with van der Waals surface area (Å²) in [5, 5.41) is 5.90. The van der Waals surface area contributed by atoms with Gasteiger partial charge in [-0.25, -0.2) is 4.79 Å². The number of amides is 2. The van der Waals surface area contributed by atoms with Crippen molar-refractivity contribution in [1.82, 2.24) is 15.1 Å². The van der Waals surface area contributed by atoms with Gasteiger partial charge in [-0.2, -0.15) is 0 Å². The second-order valence-electron chi connectivity index (χ2n) is 6.51. The number of hydrogen-bond acceptors (Lipinski definition) is 3. The van der Waals surface area contributed by atoms with E-state index < -0.39 is 0 Å². The van der Waals surface area contributed by atoms with Crippen molar-refractivity contribution < 1.29 is 4.79 Å². The van der Waals surface area contributed by atoms with Gasteiger partial charge in [-0.05, 0) is 37.7 Å². The van der Waals surface area contributed by atoms with Crippen LogP contribution in [0.1, 0.15) is 25.3 Å². The van der Waals surface area contributed by atoms with Crippen molar-refractivity contribution in [2.45, 2.75) is 25.8 Å². The first-order valence-corrected chi connectivity index (χ1v) is 7.99. The number of rotatable bonds is 4. The highest BCUT2D eigenvalue weighted by Gasteiger charge is 2.22. The van der Waals surface area contributed by atoms with Crippen molar-refractivity contribution in [2.24, 2.45) is 0 Å². The van der Waals surface area contributed by atoms with Gasteiger partial charge in [0, 0.05) is 37.9 Å². The van der Waals surface area contributed by atoms with E-state index in [-0.39, 0.29) is 6.03 Å². The molecule has 2 amide bonds. The van der Waals surface area contributed by atoms with Gasteiger partial charge in [-0.15, -0.1) is 0 Å². The standard InChI is InChI=1S/C17H28N4O/c1-13(2)14-6-5-7-15(10-14)19-17(22)18-11-16-12-20(3)8-9-21(16)4/h5-7,10,13,16H,8-9,11-12H2,1-4H3,(H2,18,19,22). The van der Waals surface area contributed by atoms with Crippen LogP contribution in [0.5, 0.6) is 0 Å². The van der Waals surface area contributed by atoms with Gasteiger partial charge >= 0.3 is 6.03 Å². The van der Waals surface area contributed by atoms with Crippen LogP contribution in [-0.2, 0) is 0 Å². The average Bonchev–Trinajstić information content (AvgIpc) is 2.48. The Bertz CT molecular complexity index is 503. The molecule has 0 radical (unpaired) electrons. The largest absolute Gasteiger partial charge is 0.336 e. The van der Waals surface area contributed by atoms with Gasteiger partial charge < -0.3 is 15.5 Å². The van der Waals surface area contributed by atoms with Gasteiger partial charge in [0.2, 0.25) is 0 Å². The molecule has 1 aliphatic heterocycles. The van der Waals surface area contributed by atoms with Crippen LogP contribution < -0.4 is 10.6 Å². The molecule has 1 saturated heterocycles. The maximum atomic E-state index is 12.1. The number of piperazine rings is 1. The Kier molecular flexibility index (Phi) is 5.80. The van der Waals surface area contributed by atoms with E-state index in [9.17, 15) is 4.79 Å². The molecule has 1 unspecified atom stereocenters. The summed E-state index contributed by atoms with van der Waals surface area (Å²) in [6.45, 7) is 8.07. The zero-order valence-electron chi connectivity index (χ0n) is 14.1. The number of nitrogens with zero attached hydrogens (tertiary/aromatic N) is 2. The van der Waals surface area contributed by atoms with E-state index in [1.54, 1.807) is 0 Å². The van der Waals surface area contributed by atoms with E-state index in [0.717, 1.165) is 25.3 Å². The van der Waals surface area contributed by atoms with Crippen LogP contribution in [0.15, 0.2) is 24.3 Å². The maximum absolute atomic E-state index is 12.1. The Morgan fingerprint density at radius 3 is 2.82 bits per heavy atom. The molecule has 1 atom stereocenters. The summed E-state index contributed by atoms with van der Waals surface area (Å²) < 4.78 is 0. The first kappa shape index (κ1) is 16.8. The number of likely N-dealkylation sites (N-methyl/N-ethyl adjacent to an activating group) is 2. The maximum Gasteiger partial charge on any atom is 0.319 e. The summed E-state index contributed by atoms with van der Waals surface area (Å²) >= 11 is 0. The molecule has 1 aliphatic rings. The van der Waals surface area contributed by atoms with E-state index in [1.165, 1.54) is 5.56 Å². The molecule has 0 spiro atoms. The molecule has 1 fully saturated rings. The summed E-state index contributed by atoms with van der Waals surface area (Å²) in [6.07, 6.45) is 0. The molecule has 0 saturated carbocycles. The Morgan fingerprint density at radius 2 is 2.09 bits per heavy atom. The van der Waals surface area contributed by atoms with E-state index in [4.69, 9.17) is 0 Å². The molecule has 22 heavy (non-hydrogen) atoms. The third-order valence-electron chi connectivity index (χ3n) is 4.29. The fraction of sp³-hybridized carbons (Fsp3) is 0.588. The number of carbonyl (C=O) groups is 1. The average molecular weight is 304 g/mol. The lowest BCUT2D eigenvalue weighted by molar-refractivity contribution is 0.115. The monoisotopic (exact) mass is 304 g/mol. The Balaban J connectivity index is 1.84. The van der Waals surface area contributed by atoms with Crippen LogP contribution in [0.3, 0.4) is 0 Å². The zero-order valence-corrected chi connectivity index (χ0v) is 14.1.